The van der Waals surface area contributed by atoms with E-state index in [0.29, 0.717) is 0 Å². The first-order chi connectivity index (χ1) is 31.3. The van der Waals surface area contributed by atoms with Gasteiger partial charge >= 0.3 is 95.6 Å². The second-order valence-corrected chi connectivity index (χ2v) is 20.0. The summed E-state index contributed by atoms with van der Waals surface area (Å²) in [5, 5.41) is 0. The van der Waals surface area contributed by atoms with Crippen LogP contribution in [-0.4, -0.2) is 149 Å². The standard InChI is InChI=1S/C24H18F36N3O6P3/c25-7(19(43,44)45)13(31,32)1-64-70(65-2-14(33,34)8(26)20(46,47)48)61-71(66-3-15(35,36)9(27)21(49,50)51,67-4-16(37,38)10(28)22(52,53)54)63-72(62-70,68-5-17(39,40)11(29)23(55,56)57)69-6-18(41,42)12(30)24(58,59)60/h7-12H,1-6H2. The highest BCUT2D eigenvalue weighted by Crippen LogP contribution is 2.81. The minimum absolute atomic E-state index is 2.01. The maximum absolute atomic E-state index is 14.6. The molecule has 0 saturated carbocycles. The molecule has 0 amide bonds. The average molecular weight is 1220 g/mol. The van der Waals surface area contributed by atoms with E-state index in [4.69, 9.17) is 0 Å². The quantitative estimate of drug-likeness (QED) is 0.0706. The van der Waals surface area contributed by atoms with Gasteiger partial charge in [0, 0.05) is 0 Å². The molecular weight excluding hydrogens is 1200 g/mol. The summed E-state index contributed by atoms with van der Waals surface area (Å²) in [7, 11) is -24.2. The fourth-order valence-corrected chi connectivity index (χ4v) is 13.4. The Morgan fingerprint density at radius 3 is 0.403 bits per heavy atom. The van der Waals surface area contributed by atoms with E-state index in [1.807, 2.05) is 13.5 Å². The predicted molar refractivity (Wildman–Crippen MR) is 159 cm³/mol. The second kappa shape index (κ2) is 21.8. The third-order valence-electron chi connectivity index (χ3n) is 7.18. The lowest BCUT2D eigenvalue weighted by atomic mass is 10.2. The van der Waals surface area contributed by atoms with Gasteiger partial charge in [0.25, 0.3) is 37.0 Å². The van der Waals surface area contributed by atoms with Gasteiger partial charge in [0.2, 0.25) is 0 Å². The van der Waals surface area contributed by atoms with Crippen LogP contribution in [0.4, 0.5) is 158 Å². The maximum Gasteiger partial charge on any atom is 0.425 e. The Bertz CT molecular complexity index is 1620. The highest BCUT2D eigenvalue weighted by molar-refractivity contribution is 7.78. The van der Waals surface area contributed by atoms with Crippen molar-refractivity contribution in [2.24, 2.45) is 13.5 Å². The van der Waals surface area contributed by atoms with Crippen molar-refractivity contribution in [2.45, 2.75) is 110 Å². The molecule has 48 heteroatoms. The molecule has 0 saturated heterocycles. The van der Waals surface area contributed by atoms with Crippen LogP contribution in [0, 0.1) is 0 Å². The van der Waals surface area contributed by atoms with Crippen molar-refractivity contribution in [3.8, 4) is 0 Å². The largest absolute Gasteiger partial charge is 0.425 e. The van der Waals surface area contributed by atoms with E-state index in [-0.39, 0.29) is 0 Å². The van der Waals surface area contributed by atoms with Crippen LogP contribution < -0.4 is 0 Å². The predicted octanol–water partition coefficient (Wildman–Crippen LogP) is 15.2. The summed E-state index contributed by atoms with van der Waals surface area (Å²) in [5.74, 6) is -40.3. The van der Waals surface area contributed by atoms with Gasteiger partial charge in [-0.05, 0) is 0 Å². The van der Waals surface area contributed by atoms with Crippen molar-refractivity contribution < 1.29 is 185 Å². The first kappa shape index (κ1) is 67.9. The minimum atomic E-state index is -8.08. The maximum atomic E-state index is 14.6. The summed E-state index contributed by atoms with van der Waals surface area (Å²) in [5.41, 5.74) is 0. The van der Waals surface area contributed by atoms with Crippen LogP contribution in [-0.2, 0) is 27.1 Å². The Kier molecular flexibility index (Phi) is 20.5. The first-order valence-electron chi connectivity index (χ1n) is 16.6. The molecule has 1 aliphatic rings. The van der Waals surface area contributed by atoms with Crippen LogP contribution in [0.2, 0.25) is 0 Å². The zero-order chi connectivity index (χ0) is 57.6. The number of rotatable bonds is 24. The van der Waals surface area contributed by atoms with Gasteiger partial charge in [-0.25, -0.2) is 79.0 Å². The van der Waals surface area contributed by atoms with Crippen LogP contribution in [0.1, 0.15) is 0 Å². The van der Waals surface area contributed by atoms with Crippen LogP contribution in [0.25, 0.3) is 0 Å². The molecule has 6 atom stereocenters. The normalized spacial score (nSPS) is 24.7. The van der Waals surface area contributed by atoms with Crippen molar-refractivity contribution in [1.29, 1.82) is 0 Å². The summed E-state index contributed by atoms with van der Waals surface area (Å²) in [4.78, 5) is 0. The van der Waals surface area contributed by atoms with E-state index in [9.17, 15) is 158 Å². The molecule has 0 radical (unpaired) electrons. The molecule has 1 heterocycles. The lowest BCUT2D eigenvalue weighted by molar-refractivity contribution is -0.253. The second-order valence-electron chi connectivity index (χ2n) is 13.4. The van der Waals surface area contributed by atoms with Gasteiger partial charge in [-0.1, -0.05) is 0 Å². The van der Waals surface area contributed by atoms with Gasteiger partial charge in [0.1, 0.15) is 39.6 Å². The van der Waals surface area contributed by atoms with Crippen molar-refractivity contribution in [2.75, 3.05) is 39.6 Å². The number of halogens is 36. The number of hydrogen-bond donors (Lipinski definition) is 0. The molecule has 1 aliphatic heterocycles. The van der Waals surface area contributed by atoms with Crippen LogP contribution in [0.15, 0.2) is 13.5 Å². The lowest BCUT2D eigenvalue weighted by Crippen LogP contribution is -2.46. The van der Waals surface area contributed by atoms with Crippen molar-refractivity contribution in [3.05, 3.63) is 0 Å². The van der Waals surface area contributed by atoms with Gasteiger partial charge in [-0.2, -0.15) is 79.0 Å². The van der Waals surface area contributed by atoms with E-state index < -0.39 is 172 Å². The highest BCUT2D eigenvalue weighted by Gasteiger charge is 2.65. The minimum Gasteiger partial charge on any atom is -0.300 e. The molecule has 9 nitrogen and oxygen atoms in total. The Hall–Kier alpha value is -2.07. The molecule has 432 valence electrons. The van der Waals surface area contributed by atoms with Crippen LogP contribution in [0.5, 0.6) is 0 Å². The summed E-state index contributed by atoms with van der Waals surface area (Å²) in [6, 6.07) is 0. The summed E-state index contributed by atoms with van der Waals surface area (Å²) < 4.78 is 519. The Labute approximate surface area is 371 Å². The van der Waals surface area contributed by atoms with Crippen molar-refractivity contribution in [3.63, 3.8) is 0 Å². The molecule has 72 heavy (non-hydrogen) atoms. The zero-order valence-corrected chi connectivity index (χ0v) is 35.1. The molecule has 0 aromatic heterocycles. The fraction of sp³-hybridized carbons (Fsp3) is 1.00. The Morgan fingerprint density at radius 2 is 0.319 bits per heavy atom. The number of nitrogens with zero attached hydrogens (tertiary/aromatic N) is 3. The van der Waals surface area contributed by atoms with Crippen molar-refractivity contribution >= 4 is 23.0 Å². The van der Waals surface area contributed by atoms with Crippen LogP contribution >= 0.6 is 23.0 Å². The van der Waals surface area contributed by atoms with E-state index in [1.54, 1.807) is 0 Å². The third-order valence-corrected chi connectivity index (χ3v) is 15.4. The van der Waals surface area contributed by atoms with Gasteiger partial charge in [-0.15, -0.1) is 13.5 Å². The van der Waals surface area contributed by atoms with Gasteiger partial charge in [0.15, 0.2) is 0 Å². The molecule has 0 aromatic carbocycles. The van der Waals surface area contributed by atoms with E-state index >= 15 is 0 Å². The third kappa shape index (κ3) is 18.0. The molecule has 0 aliphatic carbocycles. The summed E-state index contributed by atoms with van der Waals surface area (Å²) in [6.07, 6.45) is -77.8. The molecule has 0 bridgehead atoms. The van der Waals surface area contributed by atoms with Crippen molar-refractivity contribution in [1.82, 2.24) is 0 Å². The van der Waals surface area contributed by atoms with Crippen LogP contribution in [0.3, 0.4) is 0 Å². The fourth-order valence-electron chi connectivity index (χ4n) is 3.80. The van der Waals surface area contributed by atoms with Gasteiger partial charge in [-0.3, -0.25) is 27.1 Å². The molecule has 0 N–H and O–H groups in total. The van der Waals surface area contributed by atoms with E-state index in [1.165, 1.54) is 0 Å². The van der Waals surface area contributed by atoms with Gasteiger partial charge in [0.05, 0.1) is 0 Å². The van der Waals surface area contributed by atoms with Gasteiger partial charge < -0.3 is 0 Å². The smallest absolute Gasteiger partial charge is 0.300 e. The topological polar surface area (TPSA) is 92.5 Å². The SMILES string of the molecule is FC(C(F)(F)F)C(F)(F)COP1(OCC(F)(F)C(F)C(F)(F)F)=NP(OCC(F)(F)C(F)C(F)(F)F)(OCC(F)(F)C(F)C(F)(F)F)=NP(OCC(F)(F)C(F)C(F)(F)F)(OCC(F)(F)C(F)C(F)(F)F)=N1. The monoisotopic (exact) mass is 1220 g/mol. The zero-order valence-electron chi connectivity index (χ0n) is 32.4. The number of hydrogen-bond acceptors (Lipinski definition) is 9. The molecule has 0 fully saturated rings. The molecular formula is C24H18F36N3O6P3. The first-order valence-corrected chi connectivity index (χ1v) is 21.2. The lowest BCUT2D eigenvalue weighted by Gasteiger charge is -2.36. The average Bonchev–Trinajstić information content (AvgIpc) is 3.19. The molecule has 6 unspecified atom stereocenters. The molecule has 0 aromatic rings. The number of alkyl halides is 36. The molecule has 0 spiro atoms. The Balaban J connectivity index is 5.06. The summed E-state index contributed by atoms with van der Waals surface area (Å²) >= 11 is 0. The molecule has 1 rings (SSSR count). The van der Waals surface area contributed by atoms with E-state index in [0.717, 1.165) is 0 Å². The van der Waals surface area contributed by atoms with E-state index in [2.05, 4.69) is 27.1 Å². The summed E-state index contributed by atoms with van der Waals surface area (Å²) in [6.45, 7) is -24.5. The highest BCUT2D eigenvalue weighted by atomic mass is 31.3. The Morgan fingerprint density at radius 1 is 0.222 bits per heavy atom.